The standard InChI is InChI=1S/C16H15N3O2S2/c1-3-21-12-9-13(11-7-5-4-6-8-11)23-14(12)15(20)17-16-19-18-10(2)22-16/h4-9H,3H2,1-2H3,(H,17,19,20). The fraction of sp³-hybridized carbons (Fsp3) is 0.188. The Balaban J connectivity index is 1.90. The molecule has 0 radical (unpaired) electrons. The summed E-state index contributed by atoms with van der Waals surface area (Å²) < 4.78 is 5.62. The third-order valence-electron chi connectivity index (χ3n) is 3.01. The molecule has 0 fully saturated rings. The lowest BCUT2D eigenvalue weighted by molar-refractivity contribution is 0.102. The van der Waals surface area contributed by atoms with Gasteiger partial charge in [-0.3, -0.25) is 10.1 Å². The second kappa shape index (κ2) is 6.89. The first-order valence-electron chi connectivity index (χ1n) is 7.11. The summed E-state index contributed by atoms with van der Waals surface area (Å²) in [4.78, 5) is 14.1. The van der Waals surface area contributed by atoms with Gasteiger partial charge in [0, 0.05) is 4.88 Å². The van der Waals surface area contributed by atoms with Crippen molar-refractivity contribution in [2.45, 2.75) is 13.8 Å². The summed E-state index contributed by atoms with van der Waals surface area (Å²) in [5.41, 5.74) is 1.06. The van der Waals surface area contributed by atoms with Crippen LogP contribution in [0.2, 0.25) is 0 Å². The van der Waals surface area contributed by atoms with Crippen molar-refractivity contribution in [1.82, 2.24) is 10.2 Å². The van der Waals surface area contributed by atoms with E-state index in [4.69, 9.17) is 4.74 Å². The van der Waals surface area contributed by atoms with Gasteiger partial charge in [0.15, 0.2) is 0 Å². The molecule has 0 unspecified atom stereocenters. The van der Waals surface area contributed by atoms with Crippen LogP contribution in [0.15, 0.2) is 36.4 Å². The Morgan fingerprint density at radius 1 is 1.22 bits per heavy atom. The molecule has 3 rings (SSSR count). The van der Waals surface area contributed by atoms with Gasteiger partial charge in [0.05, 0.1) is 6.61 Å². The minimum atomic E-state index is -0.225. The average molecular weight is 345 g/mol. The van der Waals surface area contributed by atoms with Gasteiger partial charge < -0.3 is 4.74 Å². The Kier molecular flexibility index (Phi) is 4.68. The first-order valence-corrected chi connectivity index (χ1v) is 8.74. The van der Waals surface area contributed by atoms with Gasteiger partial charge in [-0.2, -0.15) is 0 Å². The largest absolute Gasteiger partial charge is 0.492 e. The van der Waals surface area contributed by atoms with Gasteiger partial charge in [0.25, 0.3) is 5.91 Å². The molecule has 2 heterocycles. The number of benzene rings is 1. The Hall–Kier alpha value is -2.25. The number of nitrogens with zero attached hydrogens (tertiary/aromatic N) is 2. The van der Waals surface area contributed by atoms with E-state index in [0.29, 0.717) is 22.4 Å². The second-order valence-electron chi connectivity index (χ2n) is 4.68. The SMILES string of the molecule is CCOc1cc(-c2ccccc2)sc1C(=O)Nc1nnc(C)s1. The smallest absolute Gasteiger partial charge is 0.271 e. The first kappa shape index (κ1) is 15.6. The Labute approximate surface area is 142 Å². The van der Waals surface area contributed by atoms with E-state index < -0.39 is 0 Å². The van der Waals surface area contributed by atoms with E-state index >= 15 is 0 Å². The molecule has 0 spiro atoms. The summed E-state index contributed by atoms with van der Waals surface area (Å²) in [5, 5.41) is 11.9. The van der Waals surface area contributed by atoms with Crippen LogP contribution in [0.3, 0.4) is 0 Å². The topological polar surface area (TPSA) is 64.1 Å². The van der Waals surface area contributed by atoms with E-state index in [2.05, 4.69) is 15.5 Å². The molecule has 0 saturated heterocycles. The number of hydrogen-bond donors (Lipinski definition) is 1. The summed E-state index contributed by atoms with van der Waals surface area (Å²) in [6, 6.07) is 11.8. The predicted molar refractivity (Wildman–Crippen MR) is 93.5 cm³/mol. The molecule has 3 aromatic rings. The fourth-order valence-electron chi connectivity index (χ4n) is 2.04. The van der Waals surface area contributed by atoms with Crippen LogP contribution in [0, 0.1) is 6.92 Å². The van der Waals surface area contributed by atoms with Crippen molar-refractivity contribution in [2.75, 3.05) is 11.9 Å². The van der Waals surface area contributed by atoms with Crippen LogP contribution >= 0.6 is 22.7 Å². The molecule has 0 atom stereocenters. The van der Waals surface area contributed by atoms with E-state index in [9.17, 15) is 4.79 Å². The van der Waals surface area contributed by atoms with Crippen LogP contribution in [0.1, 0.15) is 21.6 Å². The molecule has 0 bridgehead atoms. The molecule has 1 N–H and O–H groups in total. The number of carbonyl (C=O) groups excluding carboxylic acids is 1. The van der Waals surface area contributed by atoms with Crippen LogP contribution < -0.4 is 10.1 Å². The second-order valence-corrected chi connectivity index (χ2v) is 6.92. The van der Waals surface area contributed by atoms with Crippen molar-refractivity contribution >= 4 is 33.7 Å². The predicted octanol–water partition coefficient (Wildman–Crippen LogP) is 4.23. The van der Waals surface area contributed by atoms with Gasteiger partial charge in [0.1, 0.15) is 15.6 Å². The number of ether oxygens (including phenoxy) is 1. The fourth-order valence-corrected chi connectivity index (χ4v) is 3.63. The molecule has 1 amide bonds. The lowest BCUT2D eigenvalue weighted by Gasteiger charge is -2.03. The summed E-state index contributed by atoms with van der Waals surface area (Å²) in [5.74, 6) is 0.367. The van der Waals surface area contributed by atoms with Crippen molar-refractivity contribution in [3.63, 3.8) is 0 Å². The van der Waals surface area contributed by atoms with Crippen molar-refractivity contribution in [3.8, 4) is 16.2 Å². The van der Waals surface area contributed by atoms with Gasteiger partial charge in [0.2, 0.25) is 5.13 Å². The molecule has 0 aliphatic heterocycles. The molecule has 7 heteroatoms. The number of hydrogen-bond acceptors (Lipinski definition) is 6. The van der Waals surface area contributed by atoms with E-state index in [0.717, 1.165) is 15.4 Å². The zero-order chi connectivity index (χ0) is 16.2. The van der Waals surface area contributed by atoms with Gasteiger partial charge in [-0.05, 0) is 25.5 Å². The third kappa shape index (κ3) is 3.57. The molecule has 0 aliphatic rings. The number of amides is 1. The Bertz CT molecular complexity index is 812. The molecule has 2 aromatic heterocycles. The van der Waals surface area contributed by atoms with Crippen LogP contribution in [-0.4, -0.2) is 22.7 Å². The maximum atomic E-state index is 12.5. The molecule has 0 saturated carbocycles. The number of anilines is 1. The molecule has 23 heavy (non-hydrogen) atoms. The number of aryl methyl sites for hydroxylation is 1. The molecular formula is C16H15N3O2S2. The number of carbonyl (C=O) groups is 1. The zero-order valence-electron chi connectivity index (χ0n) is 12.7. The van der Waals surface area contributed by atoms with Crippen molar-refractivity contribution in [1.29, 1.82) is 0 Å². The highest BCUT2D eigenvalue weighted by atomic mass is 32.1. The van der Waals surface area contributed by atoms with Crippen LogP contribution in [0.5, 0.6) is 5.75 Å². The number of aromatic nitrogens is 2. The lowest BCUT2D eigenvalue weighted by atomic mass is 10.2. The number of thiophene rings is 1. The van der Waals surface area contributed by atoms with Gasteiger partial charge >= 0.3 is 0 Å². The van der Waals surface area contributed by atoms with Crippen LogP contribution in [0.4, 0.5) is 5.13 Å². The van der Waals surface area contributed by atoms with Crippen molar-refractivity contribution < 1.29 is 9.53 Å². The minimum absolute atomic E-state index is 0.225. The Morgan fingerprint density at radius 3 is 2.65 bits per heavy atom. The van der Waals surface area contributed by atoms with Crippen LogP contribution in [0.25, 0.3) is 10.4 Å². The van der Waals surface area contributed by atoms with Crippen molar-refractivity contribution in [3.05, 3.63) is 46.3 Å². The van der Waals surface area contributed by atoms with E-state index in [1.807, 2.05) is 50.2 Å². The number of nitrogens with one attached hydrogen (secondary N) is 1. The molecule has 118 valence electrons. The highest BCUT2D eigenvalue weighted by molar-refractivity contribution is 7.18. The average Bonchev–Trinajstić information content (AvgIpc) is 3.15. The first-order chi connectivity index (χ1) is 11.2. The van der Waals surface area contributed by atoms with E-state index in [-0.39, 0.29) is 5.91 Å². The third-order valence-corrected chi connectivity index (χ3v) is 4.93. The molecule has 1 aromatic carbocycles. The Morgan fingerprint density at radius 2 is 2.00 bits per heavy atom. The molecule has 5 nitrogen and oxygen atoms in total. The van der Waals surface area contributed by atoms with Gasteiger partial charge in [-0.15, -0.1) is 21.5 Å². The maximum Gasteiger partial charge on any atom is 0.271 e. The quantitative estimate of drug-likeness (QED) is 0.752. The summed E-state index contributed by atoms with van der Waals surface area (Å²) in [6.45, 7) is 4.25. The van der Waals surface area contributed by atoms with Gasteiger partial charge in [-0.1, -0.05) is 41.7 Å². The lowest BCUT2D eigenvalue weighted by Crippen LogP contribution is -2.11. The normalized spacial score (nSPS) is 10.5. The number of rotatable bonds is 5. The maximum absolute atomic E-state index is 12.5. The highest BCUT2D eigenvalue weighted by Crippen LogP contribution is 2.36. The summed E-state index contributed by atoms with van der Waals surface area (Å²) in [7, 11) is 0. The molecular weight excluding hydrogens is 330 g/mol. The van der Waals surface area contributed by atoms with E-state index in [1.54, 1.807) is 0 Å². The summed E-state index contributed by atoms with van der Waals surface area (Å²) >= 11 is 2.75. The minimum Gasteiger partial charge on any atom is -0.492 e. The zero-order valence-corrected chi connectivity index (χ0v) is 14.3. The van der Waals surface area contributed by atoms with Crippen LogP contribution in [-0.2, 0) is 0 Å². The highest BCUT2D eigenvalue weighted by Gasteiger charge is 2.19. The monoisotopic (exact) mass is 345 g/mol. The van der Waals surface area contributed by atoms with Gasteiger partial charge in [-0.25, -0.2) is 0 Å². The van der Waals surface area contributed by atoms with Crippen molar-refractivity contribution in [2.24, 2.45) is 0 Å². The van der Waals surface area contributed by atoms with E-state index in [1.165, 1.54) is 22.7 Å². The summed E-state index contributed by atoms with van der Waals surface area (Å²) in [6.07, 6.45) is 0. The molecule has 0 aliphatic carbocycles.